The Labute approximate surface area is 263 Å². The Kier molecular flexibility index (Phi) is 7.88. The molecule has 1 fully saturated rings. The van der Waals surface area contributed by atoms with E-state index >= 15 is 0 Å². The minimum absolute atomic E-state index is 0.0677. The predicted octanol–water partition coefficient (Wildman–Crippen LogP) is 1.77. The van der Waals surface area contributed by atoms with E-state index in [1.165, 1.54) is 28.7 Å². The maximum Gasteiger partial charge on any atom is 0.316 e. The standard InChI is InChI=1S/C33H32F2N6O5/c1-16-21-6-8-25(23(21)5-4-22(16)32(45)46)40-31(44)26-10-20(38-15-39-26)11-27(42)37-12-18-3-7-24-19(9-18)13-41(14-33(24,34)35)29-17(2)30(43)28(29)36/h3,5,7,9-10,15,22,25H,2,4,6,8,11-14,36H2,1H3,(H,37,42)(H,40,44)(H,45,46)/p+1/t22?,25-/m0/s1. The number of halogens is 2. The van der Waals surface area contributed by atoms with Gasteiger partial charge in [-0.2, -0.15) is 8.78 Å². The van der Waals surface area contributed by atoms with Crippen LogP contribution in [0.5, 0.6) is 0 Å². The van der Waals surface area contributed by atoms with Gasteiger partial charge >= 0.3 is 11.9 Å². The van der Waals surface area contributed by atoms with E-state index < -0.39 is 36.0 Å². The Morgan fingerprint density at radius 1 is 1.24 bits per heavy atom. The van der Waals surface area contributed by atoms with E-state index in [0.29, 0.717) is 36.1 Å². The van der Waals surface area contributed by atoms with Crippen molar-refractivity contribution in [2.75, 3.05) is 6.54 Å². The van der Waals surface area contributed by atoms with Crippen LogP contribution in [0.3, 0.4) is 0 Å². The van der Waals surface area contributed by atoms with Crippen LogP contribution < -0.4 is 16.4 Å². The molecule has 6 rings (SSSR count). The number of aliphatic carboxylic acids is 1. The monoisotopic (exact) mass is 631 g/mol. The quantitative estimate of drug-likeness (QED) is 0.317. The minimum Gasteiger partial charge on any atom is -0.481 e. The summed E-state index contributed by atoms with van der Waals surface area (Å²) in [5, 5.41) is 13.9. The summed E-state index contributed by atoms with van der Waals surface area (Å²) >= 11 is 0. The minimum atomic E-state index is -3.17. The molecule has 1 unspecified atom stereocenters. The molecule has 2 amide bonds. The molecule has 46 heavy (non-hydrogen) atoms. The van der Waals surface area contributed by atoms with Crippen molar-refractivity contribution in [2.45, 2.75) is 57.7 Å². The van der Waals surface area contributed by atoms with Crippen LogP contribution in [0.1, 0.15) is 59.1 Å². The van der Waals surface area contributed by atoms with Crippen molar-refractivity contribution in [3.63, 3.8) is 0 Å². The third kappa shape index (κ3) is 5.62. The number of quaternary nitrogens is 1. The maximum atomic E-state index is 15.0. The van der Waals surface area contributed by atoms with Crippen LogP contribution in [0.4, 0.5) is 8.78 Å². The number of nitrogens with zero attached hydrogens (tertiary/aromatic N) is 3. The lowest BCUT2D eigenvalue weighted by molar-refractivity contribution is -0.584. The molecule has 0 bridgehead atoms. The number of carbonyl (C=O) groups is 4. The fourth-order valence-electron chi connectivity index (χ4n) is 6.74. The molecular weight excluding hydrogens is 598 g/mol. The number of rotatable bonds is 8. The number of hydrogen-bond donors (Lipinski definition) is 4. The SMILES string of the molecule is C=C1C(=O)C(N)=C1N1Cc2cc(C[NH2+]C(=O)Cc3cc(C(=O)N[C@H]4CCC5=C(C)C(C(=O)O)CC=C54)ncn3)ccc2C(F)(F)C1. The van der Waals surface area contributed by atoms with Crippen LogP contribution in [0, 0.1) is 5.92 Å². The van der Waals surface area contributed by atoms with E-state index in [0.717, 1.165) is 16.7 Å². The lowest BCUT2D eigenvalue weighted by Crippen LogP contribution is -2.87. The van der Waals surface area contributed by atoms with Crippen LogP contribution in [0.15, 0.2) is 76.9 Å². The third-order valence-corrected chi connectivity index (χ3v) is 9.15. The molecule has 2 aromatic rings. The van der Waals surface area contributed by atoms with E-state index in [2.05, 4.69) is 21.9 Å². The average molecular weight is 632 g/mol. The van der Waals surface area contributed by atoms with Gasteiger partial charge in [-0.25, -0.2) is 14.8 Å². The summed E-state index contributed by atoms with van der Waals surface area (Å²) in [7, 11) is 0. The van der Waals surface area contributed by atoms with Gasteiger partial charge < -0.3 is 21.1 Å². The van der Waals surface area contributed by atoms with E-state index in [1.807, 2.05) is 13.0 Å². The van der Waals surface area contributed by atoms with Crippen molar-refractivity contribution in [3.05, 3.63) is 105 Å². The number of nitrogens with one attached hydrogen (secondary N) is 1. The van der Waals surface area contributed by atoms with E-state index in [1.54, 1.807) is 12.1 Å². The molecule has 1 aromatic carbocycles. The van der Waals surface area contributed by atoms with Crippen LogP contribution in [-0.2, 0) is 39.8 Å². The second kappa shape index (κ2) is 11.7. The highest BCUT2D eigenvalue weighted by atomic mass is 19.3. The largest absolute Gasteiger partial charge is 0.481 e. The number of Topliss-reactive ketones (excluding diaryl/α,β-unsaturated/α-hetero) is 1. The number of hydrogen-bond acceptors (Lipinski definition) is 8. The Morgan fingerprint density at radius 2 is 2.02 bits per heavy atom. The first-order valence-corrected chi connectivity index (χ1v) is 14.9. The van der Waals surface area contributed by atoms with Crippen molar-refractivity contribution in [1.29, 1.82) is 0 Å². The first kappa shape index (κ1) is 31.0. The Balaban J connectivity index is 1.06. The summed E-state index contributed by atoms with van der Waals surface area (Å²) in [5.41, 5.74) is 10.2. The van der Waals surface area contributed by atoms with Crippen molar-refractivity contribution in [3.8, 4) is 0 Å². The summed E-state index contributed by atoms with van der Waals surface area (Å²) in [6, 6.07) is 5.76. The number of alkyl halides is 2. The van der Waals surface area contributed by atoms with Crippen LogP contribution >= 0.6 is 0 Å². The highest BCUT2D eigenvalue weighted by Gasteiger charge is 2.45. The normalized spacial score (nSPS) is 21.8. The number of benzene rings is 1. The van der Waals surface area contributed by atoms with Crippen molar-refractivity contribution in [2.24, 2.45) is 11.7 Å². The molecule has 3 aliphatic carbocycles. The first-order valence-electron chi connectivity index (χ1n) is 14.9. The van der Waals surface area contributed by atoms with Gasteiger partial charge in [0.05, 0.1) is 29.9 Å². The Hall–Kier alpha value is -5.04. The lowest BCUT2D eigenvalue weighted by Gasteiger charge is -2.40. The predicted molar refractivity (Wildman–Crippen MR) is 159 cm³/mol. The number of aromatic nitrogens is 2. The van der Waals surface area contributed by atoms with Gasteiger partial charge in [0.25, 0.3) is 11.8 Å². The number of fused-ring (bicyclic) bond motifs is 2. The summed E-state index contributed by atoms with van der Waals surface area (Å²) in [5.74, 6) is -5.68. The van der Waals surface area contributed by atoms with Crippen molar-refractivity contribution >= 4 is 23.6 Å². The Morgan fingerprint density at radius 3 is 2.76 bits per heavy atom. The van der Waals surface area contributed by atoms with Gasteiger partial charge in [0.1, 0.15) is 30.7 Å². The molecule has 2 heterocycles. The van der Waals surface area contributed by atoms with Crippen molar-refractivity contribution in [1.82, 2.24) is 20.2 Å². The zero-order valence-corrected chi connectivity index (χ0v) is 25.1. The van der Waals surface area contributed by atoms with Crippen LogP contribution in [-0.4, -0.2) is 56.1 Å². The molecule has 4 aliphatic rings. The van der Waals surface area contributed by atoms with Gasteiger partial charge in [-0.05, 0) is 55.0 Å². The number of nitrogens with two attached hydrogens (primary N) is 2. The first-order chi connectivity index (χ1) is 21.8. The second-order valence-corrected chi connectivity index (χ2v) is 12.1. The van der Waals surface area contributed by atoms with E-state index in [-0.39, 0.29) is 59.7 Å². The lowest BCUT2D eigenvalue weighted by atomic mass is 9.84. The Bertz CT molecular complexity index is 1810. The zero-order chi connectivity index (χ0) is 32.9. The average Bonchev–Trinajstić information content (AvgIpc) is 3.43. The van der Waals surface area contributed by atoms with Gasteiger partial charge in [0.2, 0.25) is 5.78 Å². The molecule has 11 nitrogen and oxygen atoms in total. The molecule has 0 saturated heterocycles. The fraction of sp³-hybridized carbons (Fsp3) is 0.333. The number of carboxylic acid groups (broad SMARTS) is 1. The van der Waals surface area contributed by atoms with Gasteiger partial charge in [-0.1, -0.05) is 30.4 Å². The second-order valence-electron chi connectivity index (χ2n) is 12.1. The summed E-state index contributed by atoms with van der Waals surface area (Å²) in [6.45, 7) is 5.18. The molecule has 6 N–H and O–H groups in total. The summed E-state index contributed by atoms with van der Waals surface area (Å²) in [4.78, 5) is 58.8. The van der Waals surface area contributed by atoms with Crippen molar-refractivity contribution < 1.29 is 38.4 Å². The number of primary amides is 1. The zero-order valence-electron chi connectivity index (χ0n) is 25.1. The maximum absolute atomic E-state index is 15.0. The van der Waals surface area contributed by atoms with Crippen LogP contribution in [0.25, 0.3) is 0 Å². The van der Waals surface area contributed by atoms with E-state index in [4.69, 9.17) is 5.73 Å². The topological polar surface area (TPSA) is 172 Å². The number of carboxylic acids is 1. The summed E-state index contributed by atoms with van der Waals surface area (Å²) < 4.78 is 30.0. The van der Waals surface area contributed by atoms with E-state index in [9.17, 15) is 33.1 Å². The highest BCUT2D eigenvalue weighted by molar-refractivity contribution is 6.18. The number of ketones is 1. The molecule has 1 aromatic heterocycles. The molecule has 0 radical (unpaired) electrons. The summed E-state index contributed by atoms with van der Waals surface area (Å²) in [6.07, 6.45) is 4.75. The molecule has 238 valence electrons. The molecule has 1 saturated carbocycles. The smallest absolute Gasteiger partial charge is 0.316 e. The number of amides is 2. The molecule has 13 heteroatoms. The van der Waals surface area contributed by atoms with Gasteiger partial charge in [0, 0.05) is 23.2 Å². The van der Waals surface area contributed by atoms with Crippen LogP contribution in [0.2, 0.25) is 0 Å². The molecule has 1 aliphatic heterocycles. The number of carbonyl (C=O) groups excluding carboxylic acids is 3. The van der Waals surface area contributed by atoms with Gasteiger partial charge in [0.15, 0.2) is 0 Å². The van der Waals surface area contributed by atoms with Gasteiger partial charge in [-0.3, -0.25) is 19.7 Å². The highest BCUT2D eigenvalue weighted by Crippen LogP contribution is 2.42. The molecule has 0 spiro atoms. The molecule has 2 atom stereocenters. The fourth-order valence-corrected chi connectivity index (χ4v) is 6.74. The molecular formula is C33H33F2N6O5+. The van der Waals surface area contributed by atoms with Gasteiger partial charge in [-0.15, -0.1) is 0 Å². The third-order valence-electron chi connectivity index (χ3n) is 9.15. The number of allylic oxidation sites excluding steroid dienone is 3.